The van der Waals surface area contributed by atoms with E-state index < -0.39 is 15.0 Å². The molecular formula is C12H15Cl2NO5S. The molecule has 1 aromatic rings. The third-order valence-electron chi connectivity index (χ3n) is 2.54. The fourth-order valence-corrected chi connectivity index (χ4v) is 2.95. The first-order valence-corrected chi connectivity index (χ1v) is 8.59. The average Bonchev–Trinajstić information content (AvgIpc) is 2.41. The van der Waals surface area contributed by atoms with Crippen LogP contribution < -0.4 is 10.1 Å². The lowest BCUT2D eigenvalue weighted by Crippen LogP contribution is -2.26. The van der Waals surface area contributed by atoms with Crippen LogP contribution in [0.3, 0.4) is 0 Å². The molecule has 21 heavy (non-hydrogen) atoms. The van der Waals surface area contributed by atoms with E-state index in [1.807, 2.05) is 0 Å². The van der Waals surface area contributed by atoms with E-state index in [-0.39, 0.29) is 21.2 Å². The summed E-state index contributed by atoms with van der Waals surface area (Å²) in [6, 6.07) is 2.45. The monoisotopic (exact) mass is 355 g/mol. The van der Waals surface area contributed by atoms with Crippen molar-refractivity contribution < 1.29 is 22.7 Å². The van der Waals surface area contributed by atoms with Crippen LogP contribution in [0.25, 0.3) is 0 Å². The van der Waals surface area contributed by atoms with Crippen molar-refractivity contribution >= 4 is 37.2 Å². The molecule has 0 unspecified atom stereocenters. The van der Waals surface area contributed by atoms with Crippen molar-refractivity contribution in [2.75, 3.05) is 27.4 Å². The molecule has 0 aliphatic rings. The second-order valence-electron chi connectivity index (χ2n) is 4.02. The molecule has 0 atom stereocenters. The number of amides is 1. The van der Waals surface area contributed by atoms with Crippen molar-refractivity contribution in [1.29, 1.82) is 0 Å². The van der Waals surface area contributed by atoms with E-state index in [2.05, 4.69) is 5.32 Å². The van der Waals surface area contributed by atoms with Gasteiger partial charge in [0.1, 0.15) is 4.90 Å². The molecule has 6 nitrogen and oxygen atoms in total. The normalized spacial score (nSPS) is 11.2. The van der Waals surface area contributed by atoms with E-state index in [0.29, 0.717) is 19.6 Å². The van der Waals surface area contributed by atoms with Crippen LogP contribution in [0.1, 0.15) is 16.8 Å². The molecule has 0 saturated carbocycles. The number of carbonyl (C=O) groups excluding carboxylic acids is 1. The Morgan fingerprint density at radius 3 is 2.52 bits per heavy atom. The van der Waals surface area contributed by atoms with Gasteiger partial charge in [-0.2, -0.15) is 0 Å². The van der Waals surface area contributed by atoms with E-state index in [0.717, 1.165) is 6.07 Å². The molecule has 1 N–H and O–H groups in total. The third kappa shape index (κ3) is 5.03. The van der Waals surface area contributed by atoms with E-state index >= 15 is 0 Å². The van der Waals surface area contributed by atoms with E-state index in [1.54, 1.807) is 7.11 Å². The van der Waals surface area contributed by atoms with Gasteiger partial charge in [-0.1, -0.05) is 11.6 Å². The molecule has 0 saturated heterocycles. The summed E-state index contributed by atoms with van der Waals surface area (Å²) in [5, 5.41) is 2.69. The minimum Gasteiger partial charge on any atom is -0.494 e. The van der Waals surface area contributed by atoms with Gasteiger partial charge in [0.05, 0.1) is 12.7 Å². The maximum absolute atomic E-state index is 12.1. The fraction of sp³-hybridized carbons (Fsp3) is 0.417. The van der Waals surface area contributed by atoms with Gasteiger partial charge in [-0.25, -0.2) is 8.42 Å². The largest absolute Gasteiger partial charge is 0.494 e. The number of ether oxygens (including phenoxy) is 2. The van der Waals surface area contributed by atoms with Crippen LogP contribution in [0.5, 0.6) is 5.75 Å². The second-order valence-corrected chi connectivity index (χ2v) is 7.00. The van der Waals surface area contributed by atoms with E-state index in [9.17, 15) is 13.2 Å². The third-order valence-corrected chi connectivity index (χ3v) is 4.09. The number of hydrogen-bond acceptors (Lipinski definition) is 5. The highest BCUT2D eigenvalue weighted by atomic mass is 35.7. The summed E-state index contributed by atoms with van der Waals surface area (Å²) < 4.78 is 32.9. The quantitative estimate of drug-likeness (QED) is 0.597. The summed E-state index contributed by atoms with van der Waals surface area (Å²) >= 11 is 5.83. The van der Waals surface area contributed by atoms with Gasteiger partial charge in [0.25, 0.3) is 15.0 Å². The molecule has 0 aliphatic heterocycles. The Labute approximate surface area is 132 Å². The summed E-state index contributed by atoms with van der Waals surface area (Å²) in [5.41, 5.74) is 0.00152. The summed E-state index contributed by atoms with van der Waals surface area (Å²) in [6.45, 7) is 0.861. The van der Waals surface area contributed by atoms with Gasteiger partial charge in [-0.05, 0) is 18.6 Å². The highest BCUT2D eigenvalue weighted by Gasteiger charge is 2.24. The number of benzene rings is 1. The highest BCUT2D eigenvalue weighted by Crippen LogP contribution is 2.33. The standard InChI is InChI=1S/C12H15Cl2NO5S/c1-19-5-3-4-15-12(16)9-6-8(13)7-10(11(9)20-2)21(14,17)18/h6-7H,3-5H2,1-2H3,(H,15,16). The highest BCUT2D eigenvalue weighted by molar-refractivity contribution is 8.13. The Kier molecular flexibility index (Phi) is 6.73. The number of nitrogens with one attached hydrogen (secondary N) is 1. The molecule has 0 aromatic heterocycles. The molecule has 118 valence electrons. The Balaban J connectivity index is 3.12. The van der Waals surface area contributed by atoms with Gasteiger partial charge < -0.3 is 14.8 Å². The maximum Gasteiger partial charge on any atom is 0.265 e. The molecule has 0 spiro atoms. The Morgan fingerprint density at radius 1 is 1.33 bits per heavy atom. The average molecular weight is 356 g/mol. The van der Waals surface area contributed by atoms with Gasteiger partial charge in [-0.15, -0.1) is 0 Å². The van der Waals surface area contributed by atoms with E-state index in [4.69, 9.17) is 31.8 Å². The Morgan fingerprint density at radius 2 is 2.00 bits per heavy atom. The summed E-state index contributed by atoms with van der Waals surface area (Å²) in [7, 11) is 4.03. The molecule has 1 rings (SSSR count). The first-order valence-electron chi connectivity index (χ1n) is 5.90. The zero-order valence-corrected chi connectivity index (χ0v) is 13.8. The SMILES string of the molecule is COCCCNC(=O)c1cc(Cl)cc(S(=O)(=O)Cl)c1OC. The lowest BCUT2D eigenvalue weighted by Gasteiger charge is -2.12. The number of hydrogen-bond donors (Lipinski definition) is 1. The van der Waals surface area contributed by atoms with Gasteiger partial charge in [0, 0.05) is 36.0 Å². The van der Waals surface area contributed by atoms with Crippen molar-refractivity contribution in [3.63, 3.8) is 0 Å². The van der Waals surface area contributed by atoms with Crippen molar-refractivity contribution in [1.82, 2.24) is 5.32 Å². The Bertz CT molecular complexity index is 618. The van der Waals surface area contributed by atoms with Gasteiger partial charge in [-0.3, -0.25) is 4.79 Å². The minimum atomic E-state index is -4.09. The van der Waals surface area contributed by atoms with Crippen molar-refractivity contribution in [2.45, 2.75) is 11.3 Å². The molecule has 0 radical (unpaired) electrons. The Hall–Kier alpha value is -1.02. The van der Waals surface area contributed by atoms with Crippen LogP contribution >= 0.6 is 22.3 Å². The van der Waals surface area contributed by atoms with Gasteiger partial charge >= 0.3 is 0 Å². The summed E-state index contributed by atoms with van der Waals surface area (Å²) in [6.07, 6.45) is 0.617. The zero-order chi connectivity index (χ0) is 16.0. The number of carbonyl (C=O) groups is 1. The first-order chi connectivity index (χ1) is 9.81. The minimum absolute atomic E-state index is 0.00152. The smallest absolute Gasteiger partial charge is 0.265 e. The molecule has 0 heterocycles. The number of methoxy groups -OCH3 is 2. The van der Waals surface area contributed by atoms with Crippen LogP contribution in [-0.4, -0.2) is 41.7 Å². The predicted molar refractivity (Wildman–Crippen MR) is 79.9 cm³/mol. The van der Waals surface area contributed by atoms with E-state index in [1.165, 1.54) is 13.2 Å². The molecule has 9 heteroatoms. The van der Waals surface area contributed by atoms with Crippen LogP contribution in [-0.2, 0) is 13.8 Å². The van der Waals surface area contributed by atoms with Crippen molar-refractivity contribution in [3.8, 4) is 5.75 Å². The van der Waals surface area contributed by atoms with Crippen molar-refractivity contribution in [2.24, 2.45) is 0 Å². The second kappa shape index (κ2) is 7.84. The maximum atomic E-state index is 12.1. The van der Waals surface area contributed by atoms with Crippen molar-refractivity contribution in [3.05, 3.63) is 22.7 Å². The molecule has 0 aliphatic carbocycles. The molecule has 1 amide bonds. The first kappa shape index (κ1) is 18.0. The fourth-order valence-electron chi connectivity index (χ4n) is 1.64. The number of rotatable bonds is 7. The predicted octanol–water partition coefficient (Wildman–Crippen LogP) is 2.04. The molecule has 1 aromatic carbocycles. The lowest BCUT2D eigenvalue weighted by atomic mass is 10.2. The van der Waals surface area contributed by atoms with Gasteiger partial charge in [0.2, 0.25) is 0 Å². The topological polar surface area (TPSA) is 81.7 Å². The van der Waals surface area contributed by atoms with Crippen LogP contribution in [0, 0.1) is 0 Å². The van der Waals surface area contributed by atoms with Crippen LogP contribution in [0.4, 0.5) is 0 Å². The summed E-state index contributed by atoms with van der Waals surface area (Å²) in [5.74, 6) is -0.648. The lowest BCUT2D eigenvalue weighted by molar-refractivity contribution is 0.0945. The molecule has 0 fully saturated rings. The zero-order valence-electron chi connectivity index (χ0n) is 11.5. The molecule has 0 bridgehead atoms. The van der Waals surface area contributed by atoms with Gasteiger partial charge in [0.15, 0.2) is 5.75 Å². The summed E-state index contributed by atoms with van der Waals surface area (Å²) in [4.78, 5) is 11.7. The van der Waals surface area contributed by atoms with Crippen LogP contribution in [0.15, 0.2) is 17.0 Å². The molecular weight excluding hydrogens is 341 g/mol. The number of halogens is 2. The van der Waals surface area contributed by atoms with Crippen LogP contribution in [0.2, 0.25) is 5.02 Å².